The molecule has 1 aliphatic rings. The Morgan fingerprint density at radius 3 is 2.71 bits per heavy atom. The van der Waals surface area contributed by atoms with Gasteiger partial charge in [0.25, 0.3) is 0 Å². The van der Waals surface area contributed by atoms with E-state index < -0.39 is 0 Å². The summed E-state index contributed by atoms with van der Waals surface area (Å²) in [6.07, 6.45) is 3.47. The number of hydrogen-bond acceptors (Lipinski definition) is 3. The first-order valence-corrected chi connectivity index (χ1v) is 6.80. The molecule has 1 saturated heterocycles. The van der Waals surface area contributed by atoms with Gasteiger partial charge in [0.1, 0.15) is 0 Å². The summed E-state index contributed by atoms with van der Waals surface area (Å²) in [6.45, 7) is 0.412. The summed E-state index contributed by atoms with van der Waals surface area (Å²) in [5.41, 5.74) is 1.48. The van der Waals surface area contributed by atoms with Crippen LogP contribution in [0.15, 0.2) is 54.9 Å². The number of carbonyl (C=O) groups is 2. The van der Waals surface area contributed by atoms with Gasteiger partial charge in [0.05, 0.1) is 17.8 Å². The predicted molar refractivity (Wildman–Crippen MR) is 79.8 cm³/mol. The lowest BCUT2D eigenvalue weighted by molar-refractivity contribution is -0.122. The molecule has 0 unspecified atom stereocenters. The lowest BCUT2D eigenvalue weighted by atomic mass is 10.1. The lowest BCUT2D eigenvalue weighted by Crippen LogP contribution is -2.28. The predicted octanol–water partition coefficient (Wildman–Crippen LogP) is 2.07. The molecule has 21 heavy (non-hydrogen) atoms. The van der Waals surface area contributed by atoms with Crippen LogP contribution in [-0.2, 0) is 9.59 Å². The average Bonchev–Trinajstić information content (AvgIpc) is 2.91. The molecule has 0 radical (unpaired) electrons. The fourth-order valence-electron chi connectivity index (χ4n) is 2.42. The molecule has 1 atom stereocenters. The topological polar surface area (TPSA) is 62.3 Å². The highest BCUT2D eigenvalue weighted by Crippen LogP contribution is 2.25. The number of amides is 2. The summed E-state index contributed by atoms with van der Waals surface area (Å²) in [5.74, 6) is -0.500. The number of rotatable bonds is 3. The summed E-state index contributed by atoms with van der Waals surface area (Å²) in [4.78, 5) is 29.9. The molecule has 0 saturated carbocycles. The molecule has 106 valence electrons. The van der Waals surface area contributed by atoms with Gasteiger partial charge in [-0.3, -0.25) is 14.6 Å². The van der Waals surface area contributed by atoms with Gasteiger partial charge in [-0.2, -0.15) is 0 Å². The molecule has 5 nitrogen and oxygen atoms in total. The summed E-state index contributed by atoms with van der Waals surface area (Å²) in [6, 6.07) is 12.9. The molecule has 1 aliphatic heterocycles. The van der Waals surface area contributed by atoms with E-state index in [0.29, 0.717) is 12.2 Å². The van der Waals surface area contributed by atoms with Crippen molar-refractivity contribution < 1.29 is 9.59 Å². The fourth-order valence-corrected chi connectivity index (χ4v) is 2.42. The lowest BCUT2D eigenvalue weighted by Gasteiger charge is -2.16. The van der Waals surface area contributed by atoms with E-state index in [4.69, 9.17) is 0 Å². The molecule has 0 spiro atoms. The van der Waals surface area contributed by atoms with Crippen LogP contribution in [0.3, 0.4) is 0 Å². The van der Waals surface area contributed by atoms with Crippen LogP contribution in [0.25, 0.3) is 0 Å². The summed E-state index contributed by atoms with van der Waals surface area (Å²) < 4.78 is 0. The number of carbonyl (C=O) groups excluding carboxylic acids is 2. The van der Waals surface area contributed by atoms with E-state index in [2.05, 4.69) is 10.3 Å². The maximum Gasteiger partial charge on any atom is 0.229 e. The number of anilines is 2. The van der Waals surface area contributed by atoms with Gasteiger partial charge in [-0.15, -0.1) is 0 Å². The Morgan fingerprint density at radius 2 is 2.00 bits per heavy atom. The van der Waals surface area contributed by atoms with E-state index in [-0.39, 0.29) is 24.2 Å². The number of hydrogen-bond donors (Lipinski definition) is 1. The molecule has 2 heterocycles. The number of aromatic nitrogens is 1. The Bertz CT molecular complexity index is 643. The van der Waals surface area contributed by atoms with Crippen LogP contribution in [0.4, 0.5) is 11.4 Å². The second kappa shape index (κ2) is 5.75. The Labute approximate surface area is 122 Å². The molecule has 0 bridgehead atoms. The van der Waals surface area contributed by atoms with Crippen LogP contribution in [-0.4, -0.2) is 23.3 Å². The van der Waals surface area contributed by atoms with Crippen molar-refractivity contribution in [2.24, 2.45) is 5.92 Å². The Kier molecular flexibility index (Phi) is 3.64. The molecule has 1 aromatic carbocycles. The van der Waals surface area contributed by atoms with Gasteiger partial charge in [0.2, 0.25) is 11.8 Å². The minimum atomic E-state index is -0.335. The normalized spacial score (nSPS) is 17.8. The quantitative estimate of drug-likeness (QED) is 0.936. The summed E-state index contributed by atoms with van der Waals surface area (Å²) >= 11 is 0. The van der Waals surface area contributed by atoms with Crippen LogP contribution in [0.2, 0.25) is 0 Å². The first-order valence-electron chi connectivity index (χ1n) is 6.80. The van der Waals surface area contributed by atoms with E-state index in [0.717, 1.165) is 5.69 Å². The highest BCUT2D eigenvalue weighted by Gasteiger charge is 2.35. The van der Waals surface area contributed by atoms with Crippen molar-refractivity contribution in [1.82, 2.24) is 4.98 Å². The third kappa shape index (κ3) is 2.91. The number of benzene rings is 1. The van der Waals surface area contributed by atoms with Crippen molar-refractivity contribution >= 4 is 23.2 Å². The third-order valence-corrected chi connectivity index (χ3v) is 3.49. The zero-order chi connectivity index (χ0) is 14.7. The molecule has 3 rings (SSSR count). The molecule has 2 amide bonds. The highest BCUT2D eigenvalue weighted by atomic mass is 16.2. The minimum Gasteiger partial charge on any atom is -0.324 e. The maximum absolute atomic E-state index is 12.2. The average molecular weight is 281 g/mol. The van der Waals surface area contributed by atoms with Crippen LogP contribution >= 0.6 is 0 Å². The molecule has 0 aliphatic carbocycles. The Morgan fingerprint density at radius 1 is 1.19 bits per heavy atom. The van der Waals surface area contributed by atoms with Crippen LogP contribution in [0.5, 0.6) is 0 Å². The van der Waals surface area contributed by atoms with Gasteiger partial charge in [0, 0.05) is 24.8 Å². The van der Waals surface area contributed by atoms with E-state index in [1.807, 2.05) is 30.3 Å². The molecule has 1 aromatic heterocycles. The first kappa shape index (κ1) is 13.3. The van der Waals surface area contributed by atoms with Crippen molar-refractivity contribution in [1.29, 1.82) is 0 Å². The van der Waals surface area contributed by atoms with Gasteiger partial charge >= 0.3 is 0 Å². The van der Waals surface area contributed by atoms with Gasteiger partial charge in [-0.25, -0.2) is 0 Å². The van der Waals surface area contributed by atoms with E-state index in [1.54, 1.807) is 29.4 Å². The van der Waals surface area contributed by atoms with Gasteiger partial charge in [-0.05, 0) is 24.3 Å². The summed E-state index contributed by atoms with van der Waals surface area (Å²) in [7, 11) is 0. The van der Waals surface area contributed by atoms with Crippen LogP contribution in [0, 0.1) is 5.92 Å². The Balaban J connectivity index is 1.68. The second-order valence-electron chi connectivity index (χ2n) is 4.97. The van der Waals surface area contributed by atoms with E-state index >= 15 is 0 Å². The van der Waals surface area contributed by atoms with E-state index in [9.17, 15) is 9.59 Å². The first-order chi connectivity index (χ1) is 10.2. The zero-order valence-corrected chi connectivity index (χ0v) is 11.4. The number of para-hydroxylation sites is 1. The van der Waals surface area contributed by atoms with Crippen LogP contribution in [0.1, 0.15) is 6.42 Å². The van der Waals surface area contributed by atoms with Crippen LogP contribution < -0.4 is 10.2 Å². The number of nitrogens with zero attached hydrogens (tertiary/aromatic N) is 2. The van der Waals surface area contributed by atoms with Crippen molar-refractivity contribution in [3.63, 3.8) is 0 Å². The largest absolute Gasteiger partial charge is 0.324 e. The number of pyridine rings is 1. The highest BCUT2D eigenvalue weighted by molar-refractivity contribution is 6.03. The van der Waals surface area contributed by atoms with E-state index in [1.165, 1.54) is 0 Å². The van der Waals surface area contributed by atoms with Gasteiger partial charge < -0.3 is 10.2 Å². The second-order valence-corrected chi connectivity index (χ2v) is 4.97. The summed E-state index contributed by atoms with van der Waals surface area (Å²) in [5, 5.41) is 2.80. The maximum atomic E-state index is 12.2. The Hall–Kier alpha value is -2.69. The molecule has 1 N–H and O–H groups in total. The number of nitrogens with one attached hydrogen (secondary N) is 1. The van der Waals surface area contributed by atoms with Crippen molar-refractivity contribution in [3.8, 4) is 0 Å². The smallest absolute Gasteiger partial charge is 0.229 e. The fraction of sp³-hybridized carbons (Fsp3) is 0.188. The zero-order valence-electron chi connectivity index (χ0n) is 11.4. The third-order valence-electron chi connectivity index (χ3n) is 3.49. The van der Waals surface area contributed by atoms with Crippen molar-refractivity contribution in [2.45, 2.75) is 6.42 Å². The van der Waals surface area contributed by atoms with Gasteiger partial charge in [-0.1, -0.05) is 18.2 Å². The monoisotopic (exact) mass is 281 g/mol. The van der Waals surface area contributed by atoms with Crippen molar-refractivity contribution in [2.75, 3.05) is 16.8 Å². The molecular formula is C16H15N3O2. The molecular weight excluding hydrogens is 266 g/mol. The standard InChI is InChI=1S/C16H15N3O2/c20-15-9-12(11-19(15)14-6-2-1-3-7-14)16(21)18-13-5-4-8-17-10-13/h1-8,10,12H,9,11H2,(H,18,21)/t12-/m1/s1. The molecule has 1 fully saturated rings. The molecule has 2 aromatic rings. The van der Waals surface area contributed by atoms with Gasteiger partial charge in [0.15, 0.2) is 0 Å². The minimum absolute atomic E-state index is 0.0208. The van der Waals surface area contributed by atoms with Crippen molar-refractivity contribution in [3.05, 3.63) is 54.9 Å². The molecule has 5 heteroatoms. The SMILES string of the molecule is O=C(Nc1cccnc1)[C@@H]1CC(=O)N(c2ccccc2)C1.